The number of alkyl halides is 3. The van der Waals surface area contributed by atoms with Crippen LogP contribution in [0.3, 0.4) is 0 Å². The van der Waals surface area contributed by atoms with E-state index >= 15 is 0 Å². The van der Waals surface area contributed by atoms with Crippen molar-refractivity contribution < 1.29 is 18.0 Å². The molecule has 2 aliphatic rings. The lowest BCUT2D eigenvalue weighted by molar-refractivity contribution is -0.215. The topological polar surface area (TPSA) is 42.0 Å². The molecule has 20 heavy (non-hydrogen) atoms. The lowest BCUT2D eigenvalue weighted by Gasteiger charge is -2.31. The van der Waals surface area contributed by atoms with Crippen LogP contribution in [-0.4, -0.2) is 30.0 Å². The first kappa shape index (κ1) is 13.5. The van der Waals surface area contributed by atoms with Gasteiger partial charge in [-0.25, -0.2) is 0 Å². The summed E-state index contributed by atoms with van der Waals surface area (Å²) >= 11 is 0. The van der Waals surface area contributed by atoms with Gasteiger partial charge in [-0.1, -0.05) is 6.07 Å². The average molecular weight is 284 g/mol. The molecule has 3 nitrogen and oxygen atoms in total. The Hall–Kier alpha value is -1.43. The van der Waals surface area contributed by atoms with Crippen molar-refractivity contribution in [1.29, 1.82) is 0 Å². The largest absolute Gasteiger partial charge is 0.402 e. The van der Waals surface area contributed by atoms with Crippen molar-refractivity contribution in [2.24, 2.45) is 5.41 Å². The quantitative estimate of drug-likeness (QED) is 0.905. The van der Waals surface area contributed by atoms with Gasteiger partial charge in [0.2, 0.25) is 0 Å². The molecule has 0 radical (unpaired) electrons. The van der Waals surface area contributed by atoms with Crippen molar-refractivity contribution >= 4 is 5.78 Å². The van der Waals surface area contributed by atoms with Crippen LogP contribution in [0.4, 0.5) is 13.2 Å². The Labute approximate surface area is 114 Å². The number of carbonyl (C=O) groups excluding carboxylic acids is 1. The molecule has 2 atom stereocenters. The maximum absolute atomic E-state index is 13.4. The summed E-state index contributed by atoms with van der Waals surface area (Å²) in [4.78, 5) is 16.7. The summed E-state index contributed by atoms with van der Waals surface area (Å²) in [7, 11) is 0. The molecular weight excluding hydrogens is 269 g/mol. The molecule has 1 aliphatic carbocycles. The standard InChI is InChI=1S/C14H15F3N2O/c15-14(16,17)13(5-7-18-8-13)12(20)10-4-3-9-2-1-6-19-11(9)10/h1-2,6,10,18H,3-5,7-8H2. The smallest absolute Gasteiger partial charge is 0.315 e. The van der Waals surface area contributed by atoms with E-state index in [0.717, 1.165) is 5.56 Å². The molecule has 0 spiro atoms. The van der Waals surface area contributed by atoms with E-state index in [-0.39, 0.29) is 19.5 Å². The van der Waals surface area contributed by atoms with Crippen LogP contribution in [0.15, 0.2) is 18.3 Å². The minimum Gasteiger partial charge on any atom is -0.315 e. The summed E-state index contributed by atoms with van der Waals surface area (Å²) in [5.41, 5.74) is -0.807. The summed E-state index contributed by atoms with van der Waals surface area (Å²) in [6, 6.07) is 3.59. The van der Waals surface area contributed by atoms with Crippen LogP contribution >= 0.6 is 0 Å². The summed E-state index contributed by atoms with van der Waals surface area (Å²) in [5.74, 6) is -1.43. The van der Waals surface area contributed by atoms with Crippen molar-refractivity contribution in [1.82, 2.24) is 10.3 Å². The number of aryl methyl sites for hydroxylation is 1. The molecule has 1 fully saturated rings. The third-order valence-corrected chi connectivity index (χ3v) is 4.44. The Morgan fingerprint density at radius 3 is 2.90 bits per heavy atom. The fourth-order valence-electron chi connectivity index (χ4n) is 3.29. The van der Waals surface area contributed by atoms with Gasteiger partial charge < -0.3 is 5.32 Å². The lowest BCUT2D eigenvalue weighted by atomic mass is 9.75. The number of halogens is 3. The highest BCUT2D eigenvalue weighted by molar-refractivity contribution is 5.92. The molecule has 0 saturated carbocycles. The number of pyridine rings is 1. The minimum atomic E-state index is -4.51. The summed E-state index contributed by atoms with van der Waals surface area (Å²) in [5, 5.41) is 2.69. The molecule has 0 aromatic carbocycles. The second-order valence-electron chi connectivity index (χ2n) is 5.51. The van der Waals surface area contributed by atoms with E-state index in [0.29, 0.717) is 18.5 Å². The van der Waals surface area contributed by atoms with Gasteiger partial charge in [0.25, 0.3) is 0 Å². The first-order valence-electron chi connectivity index (χ1n) is 6.71. The molecule has 2 unspecified atom stereocenters. The number of fused-ring (bicyclic) bond motifs is 1. The molecule has 0 amide bonds. The fourth-order valence-corrected chi connectivity index (χ4v) is 3.29. The van der Waals surface area contributed by atoms with Gasteiger partial charge in [-0.05, 0) is 37.4 Å². The lowest BCUT2D eigenvalue weighted by Crippen LogP contribution is -2.48. The Balaban J connectivity index is 1.97. The number of nitrogens with zero attached hydrogens (tertiary/aromatic N) is 1. The zero-order valence-corrected chi connectivity index (χ0v) is 10.8. The molecule has 2 heterocycles. The Morgan fingerprint density at radius 1 is 1.45 bits per heavy atom. The van der Waals surface area contributed by atoms with E-state index in [4.69, 9.17) is 0 Å². The first-order valence-corrected chi connectivity index (χ1v) is 6.71. The Morgan fingerprint density at radius 2 is 2.25 bits per heavy atom. The van der Waals surface area contributed by atoms with E-state index < -0.39 is 23.3 Å². The zero-order valence-electron chi connectivity index (χ0n) is 10.8. The van der Waals surface area contributed by atoms with Crippen LogP contribution < -0.4 is 5.32 Å². The van der Waals surface area contributed by atoms with E-state index in [2.05, 4.69) is 10.3 Å². The molecule has 1 saturated heterocycles. The SMILES string of the molecule is O=C(C1CCc2cccnc21)C1(C(F)(F)F)CCNC1. The second-order valence-corrected chi connectivity index (χ2v) is 5.51. The van der Waals surface area contributed by atoms with Gasteiger partial charge in [0, 0.05) is 12.7 Å². The van der Waals surface area contributed by atoms with Crippen molar-refractivity contribution in [2.45, 2.75) is 31.4 Å². The fraction of sp³-hybridized carbons (Fsp3) is 0.571. The number of aromatic nitrogens is 1. The summed E-state index contributed by atoms with van der Waals surface area (Å²) < 4.78 is 40.2. The molecular formula is C14H15F3N2O. The molecule has 1 aromatic heterocycles. The number of hydrogen-bond donors (Lipinski definition) is 1. The first-order chi connectivity index (χ1) is 9.46. The summed E-state index contributed by atoms with van der Waals surface area (Å²) in [6.07, 6.45) is -2.08. The van der Waals surface area contributed by atoms with Crippen LogP contribution in [0.5, 0.6) is 0 Å². The van der Waals surface area contributed by atoms with Crippen molar-refractivity contribution in [3.8, 4) is 0 Å². The highest BCUT2D eigenvalue weighted by Crippen LogP contribution is 2.48. The number of ketones is 1. The minimum absolute atomic E-state index is 0.173. The molecule has 108 valence electrons. The van der Waals surface area contributed by atoms with Crippen molar-refractivity contribution in [3.05, 3.63) is 29.6 Å². The molecule has 6 heteroatoms. The van der Waals surface area contributed by atoms with Crippen molar-refractivity contribution in [2.75, 3.05) is 13.1 Å². The van der Waals surface area contributed by atoms with Gasteiger partial charge in [-0.15, -0.1) is 0 Å². The Bertz CT molecular complexity index is 535. The van der Waals surface area contributed by atoms with Gasteiger partial charge in [-0.3, -0.25) is 9.78 Å². The molecule has 0 bridgehead atoms. The summed E-state index contributed by atoms with van der Waals surface area (Å²) in [6.45, 7) is -0.0823. The predicted octanol–water partition coefficient (Wildman–Crippen LogP) is 2.22. The van der Waals surface area contributed by atoms with Crippen molar-refractivity contribution in [3.63, 3.8) is 0 Å². The third kappa shape index (κ3) is 1.85. The predicted molar refractivity (Wildman–Crippen MR) is 66.3 cm³/mol. The van der Waals surface area contributed by atoms with Gasteiger partial charge in [0.05, 0.1) is 11.6 Å². The number of nitrogens with one attached hydrogen (secondary N) is 1. The normalized spacial score (nSPS) is 29.4. The highest BCUT2D eigenvalue weighted by atomic mass is 19.4. The number of carbonyl (C=O) groups is 1. The van der Waals surface area contributed by atoms with Gasteiger partial charge >= 0.3 is 6.18 Å². The van der Waals surface area contributed by atoms with Crippen LogP contribution in [0.1, 0.15) is 30.0 Å². The Kier molecular flexibility index (Phi) is 3.08. The van der Waals surface area contributed by atoms with E-state index in [1.807, 2.05) is 6.07 Å². The molecule has 1 aromatic rings. The van der Waals surface area contributed by atoms with Gasteiger partial charge in [0.15, 0.2) is 5.78 Å². The monoisotopic (exact) mass is 284 g/mol. The van der Waals surface area contributed by atoms with Crippen LogP contribution in [0.25, 0.3) is 0 Å². The van der Waals surface area contributed by atoms with E-state index in [1.165, 1.54) is 6.20 Å². The maximum Gasteiger partial charge on any atom is 0.402 e. The maximum atomic E-state index is 13.4. The van der Waals surface area contributed by atoms with Gasteiger partial charge in [-0.2, -0.15) is 13.2 Å². The number of rotatable bonds is 2. The molecule has 1 aliphatic heterocycles. The highest BCUT2D eigenvalue weighted by Gasteiger charge is 2.62. The molecule has 1 N–H and O–H groups in total. The van der Waals surface area contributed by atoms with Gasteiger partial charge in [0.1, 0.15) is 5.41 Å². The number of hydrogen-bond acceptors (Lipinski definition) is 3. The van der Waals surface area contributed by atoms with E-state index in [9.17, 15) is 18.0 Å². The number of Topliss-reactive ketones (excluding diaryl/α,β-unsaturated/α-hetero) is 1. The second kappa shape index (κ2) is 4.55. The van der Waals surface area contributed by atoms with E-state index in [1.54, 1.807) is 6.07 Å². The van der Waals surface area contributed by atoms with Crippen LogP contribution in [0.2, 0.25) is 0 Å². The van der Waals surface area contributed by atoms with Crippen LogP contribution in [0, 0.1) is 5.41 Å². The third-order valence-electron chi connectivity index (χ3n) is 4.44. The average Bonchev–Trinajstić information content (AvgIpc) is 3.05. The molecule has 3 rings (SSSR count). The zero-order chi connectivity index (χ0) is 14.4. The van der Waals surface area contributed by atoms with Crippen LogP contribution in [-0.2, 0) is 11.2 Å².